The molecule has 0 fully saturated rings. The molecule has 2 rings (SSSR count). The van der Waals surface area contributed by atoms with Crippen molar-refractivity contribution in [1.82, 2.24) is 16.0 Å². The molecule has 0 aliphatic rings. The van der Waals surface area contributed by atoms with Gasteiger partial charge in [0.15, 0.2) is 18.1 Å². The highest BCUT2D eigenvalue weighted by atomic mass is 32.1. The lowest BCUT2D eigenvalue weighted by atomic mass is 10.1. The first kappa shape index (κ1) is 24.5. The van der Waals surface area contributed by atoms with E-state index in [0.29, 0.717) is 5.75 Å². The highest BCUT2D eigenvalue weighted by Gasteiger charge is 2.18. The topological polar surface area (TPSA) is 141 Å². The van der Waals surface area contributed by atoms with Gasteiger partial charge in [-0.05, 0) is 23.6 Å². The van der Waals surface area contributed by atoms with Crippen molar-refractivity contribution in [3.63, 3.8) is 0 Å². The lowest BCUT2D eigenvalue weighted by Crippen LogP contribution is -2.41. The minimum absolute atomic E-state index is 0.160. The summed E-state index contributed by atoms with van der Waals surface area (Å²) in [6.07, 6.45) is 0. The zero-order chi connectivity index (χ0) is 23.5. The molecule has 32 heavy (non-hydrogen) atoms. The Bertz CT molecular complexity index is 937. The van der Waals surface area contributed by atoms with E-state index in [4.69, 9.17) is 18.9 Å². The summed E-state index contributed by atoms with van der Waals surface area (Å²) >= 11 is 1.46. The monoisotopic (exact) mass is 465 g/mol. The highest BCUT2D eigenvalue weighted by molar-refractivity contribution is 7.09. The molecule has 0 saturated carbocycles. The molecule has 172 valence electrons. The molecular weight excluding hydrogens is 442 g/mol. The number of hydrogen-bond acceptors (Lipinski definition) is 9. The molecule has 0 atom stereocenters. The van der Waals surface area contributed by atoms with Crippen LogP contribution >= 0.6 is 11.3 Å². The number of amides is 4. The number of carbonyl (C=O) groups is 4. The van der Waals surface area contributed by atoms with Crippen LogP contribution in [0.25, 0.3) is 0 Å². The van der Waals surface area contributed by atoms with E-state index >= 15 is 0 Å². The van der Waals surface area contributed by atoms with Gasteiger partial charge in [-0.1, -0.05) is 6.07 Å². The van der Waals surface area contributed by atoms with Crippen molar-refractivity contribution in [3.8, 4) is 17.2 Å². The van der Waals surface area contributed by atoms with Crippen LogP contribution < -0.4 is 30.2 Å². The van der Waals surface area contributed by atoms with Crippen LogP contribution in [0.1, 0.15) is 15.2 Å². The maximum Gasteiger partial charge on any atom is 0.325 e. The van der Waals surface area contributed by atoms with Crippen LogP contribution in [0.5, 0.6) is 17.2 Å². The first-order valence-corrected chi connectivity index (χ1v) is 10.1. The smallest absolute Gasteiger partial charge is 0.325 e. The fourth-order valence-electron chi connectivity index (χ4n) is 2.45. The van der Waals surface area contributed by atoms with Gasteiger partial charge in [0, 0.05) is 10.4 Å². The molecule has 3 N–H and O–H groups in total. The number of esters is 1. The average Bonchev–Trinajstić information content (AvgIpc) is 3.32. The molecule has 0 spiro atoms. The Balaban J connectivity index is 1.77. The van der Waals surface area contributed by atoms with Crippen LogP contribution in [0.3, 0.4) is 0 Å². The molecule has 11 nitrogen and oxygen atoms in total. The van der Waals surface area contributed by atoms with Crippen molar-refractivity contribution in [3.05, 3.63) is 40.1 Å². The van der Waals surface area contributed by atoms with Gasteiger partial charge in [0.1, 0.15) is 6.54 Å². The van der Waals surface area contributed by atoms with Crippen molar-refractivity contribution >= 4 is 35.2 Å². The van der Waals surface area contributed by atoms with Crippen LogP contribution in [-0.2, 0) is 20.9 Å². The van der Waals surface area contributed by atoms with E-state index in [1.54, 1.807) is 0 Å². The molecule has 0 aliphatic heterocycles. The standard InChI is InChI=1S/C20H23N3O8S/c1-28-14-7-12(8-15(29-2)18(14)30-3)19(26)21-10-17(25)31-11-16(24)23-20(27)22-9-13-5-4-6-32-13/h4-8H,9-11H2,1-3H3,(H,21,26)(H2,22,23,24,27). The fourth-order valence-corrected chi connectivity index (χ4v) is 3.10. The summed E-state index contributed by atoms with van der Waals surface area (Å²) in [6, 6.07) is 5.80. The van der Waals surface area contributed by atoms with Gasteiger partial charge in [-0.2, -0.15) is 0 Å². The number of methoxy groups -OCH3 is 3. The van der Waals surface area contributed by atoms with Crippen LogP contribution in [0, 0.1) is 0 Å². The lowest BCUT2D eigenvalue weighted by Gasteiger charge is -2.14. The molecule has 2 aromatic rings. The molecule has 0 aliphatic carbocycles. The van der Waals surface area contributed by atoms with Gasteiger partial charge >= 0.3 is 12.0 Å². The minimum atomic E-state index is -0.861. The number of urea groups is 1. The van der Waals surface area contributed by atoms with Crippen LogP contribution in [0.15, 0.2) is 29.6 Å². The Morgan fingerprint density at radius 2 is 1.66 bits per heavy atom. The van der Waals surface area contributed by atoms with Crippen molar-refractivity contribution in [1.29, 1.82) is 0 Å². The van der Waals surface area contributed by atoms with E-state index < -0.39 is 37.0 Å². The zero-order valence-corrected chi connectivity index (χ0v) is 18.5. The molecule has 0 bridgehead atoms. The van der Waals surface area contributed by atoms with Crippen LogP contribution in [-0.4, -0.2) is 58.3 Å². The summed E-state index contributed by atoms with van der Waals surface area (Å²) < 4.78 is 20.3. The number of rotatable bonds is 10. The molecule has 0 saturated heterocycles. The van der Waals surface area contributed by atoms with Gasteiger partial charge < -0.3 is 29.6 Å². The van der Waals surface area contributed by atoms with Crippen molar-refractivity contribution in [2.24, 2.45) is 0 Å². The number of thiophene rings is 1. The maximum atomic E-state index is 12.3. The van der Waals surface area contributed by atoms with Crippen LogP contribution in [0.2, 0.25) is 0 Å². The third-order valence-corrected chi connectivity index (χ3v) is 4.82. The molecular formula is C20H23N3O8S. The molecule has 1 heterocycles. The summed E-state index contributed by atoms with van der Waals surface area (Å²) in [5.74, 6) is -1.41. The Morgan fingerprint density at radius 1 is 0.969 bits per heavy atom. The van der Waals surface area contributed by atoms with E-state index in [2.05, 4.69) is 10.6 Å². The maximum absolute atomic E-state index is 12.3. The number of benzene rings is 1. The number of carbonyl (C=O) groups excluding carboxylic acids is 4. The molecule has 1 aromatic carbocycles. The molecule has 1 aromatic heterocycles. The number of nitrogens with one attached hydrogen (secondary N) is 3. The predicted molar refractivity (Wildman–Crippen MR) is 114 cm³/mol. The summed E-state index contributed by atoms with van der Waals surface area (Å²) in [6.45, 7) is -0.901. The van der Waals surface area contributed by atoms with E-state index in [-0.39, 0.29) is 23.6 Å². The van der Waals surface area contributed by atoms with Crippen molar-refractivity contribution in [2.75, 3.05) is 34.5 Å². The minimum Gasteiger partial charge on any atom is -0.493 e. The first-order chi connectivity index (χ1) is 15.4. The SMILES string of the molecule is COc1cc(C(=O)NCC(=O)OCC(=O)NC(=O)NCc2cccs2)cc(OC)c1OC. The third kappa shape index (κ3) is 7.16. The Hall–Kier alpha value is -3.80. The predicted octanol–water partition coefficient (Wildman–Crippen LogP) is 1.07. The number of hydrogen-bond donors (Lipinski definition) is 3. The van der Waals surface area contributed by atoms with Gasteiger partial charge in [0.05, 0.1) is 27.9 Å². The molecule has 4 amide bonds. The lowest BCUT2D eigenvalue weighted by molar-refractivity contribution is -0.147. The van der Waals surface area contributed by atoms with E-state index in [9.17, 15) is 19.2 Å². The third-order valence-electron chi connectivity index (χ3n) is 3.94. The van der Waals surface area contributed by atoms with Crippen LogP contribution in [0.4, 0.5) is 4.79 Å². The van der Waals surface area contributed by atoms with Gasteiger partial charge in [0.25, 0.3) is 11.8 Å². The van der Waals surface area contributed by atoms with Gasteiger partial charge in [-0.3, -0.25) is 19.7 Å². The van der Waals surface area contributed by atoms with Crippen molar-refractivity contribution < 1.29 is 38.1 Å². The Kier molecular flexibility index (Phi) is 9.29. The second kappa shape index (κ2) is 12.2. The summed E-state index contributed by atoms with van der Waals surface area (Å²) in [5.41, 5.74) is 0.160. The van der Waals surface area contributed by atoms with Crippen molar-refractivity contribution in [2.45, 2.75) is 6.54 Å². The van der Waals surface area contributed by atoms with E-state index in [0.717, 1.165) is 4.88 Å². The molecule has 0 unspecified atom stereocenters. The summed E-state index contributed by atoms with van der Waals surface area (Å²) in [4.78, 5) is 48.4. The molecule has 0 radical (unpaired) electrons. The fraction of sp³-hybridized carbons (Fsp3) is 0.300. The van der Waals surface area contributed by atoms with E-state index in [1.165, 1.54) is 44.8 Å². The first-order valence-electron chi connectivity index (χ1n) is 9.21. The quantitative estimate of drug-likeness (QED) is 0.443. The Morgan fingerprint density at radius 3 is 2.22 bits per heavy atom. The summed E-state index contributed by atoms with van der Waals surface area (Å²) in [5, 5.41) is 8.76. The number of imide groups is 1. The van der Waals surface area contributed by atoms with E-state index in [1.807, 2.05) is 22.8 Å². The zero-order valence-electron chi connectivity index (χ0n) is 17.7. The van der Waals surface area contributed by atoms with Gasteiger partial charge in [-0.25, -0.2) is 4.79 Å². The normalized spacial score (nSPS) is 9.97. The molecule has 12 heteroatoms. The average molecular weight is 465 g/mol. The second-order valence-corrected chi connectivity index (χ2v) is 7.10. The largest absolute Gasteiger partial charge is 0.493 e. The van der Waals surface area contributed by atoms with Gasteiger partial charge in [-0.15, -0.1) is 11.3 Å². The Labute approximate surface area is 188 Å². The summed E-state index contributed by atoms with van der Waals surface area (Å²) in [7, 11) is 4.24. The number of ether oxygens (including phenoxy) is 4. The highest BCUT2D eigenvalue weighted by Crippen LogP contribution is 2.38. The second-order valence-electron chi connectivity index (χ2n) is 6.07. The van der Waals surface area contributed by atoms with Gasteiger partial charge in [0.2, 0.25) is 5.75 Å².